The van der Waals surface area contributed by atoms with Crippen molar-refractivity contribution < 1.29 is 19.1 Å². The molecule has 0 bridgehead atoms. The Morgan fingerprint density at radius 1 is 1.00 bits per heavy atom. The summed E-state index contributed by atoms with van der Waals surface area (Å²) in [6.07, 6.45) is 3.91. The van der Waals surface area contributed by atoms with E-state index in [1.54, 1.807) is 11.6 Å². The molecule has 8 nitrogen and oxygen atoms in total. The average molecular weight is 551 g/mol. The molecule has 2 N–H and O–H groups in total. The number of amides is 2. The number of rotatable bonds is 10. The van der Waals surface area contributed by atoms with Crippen LogP contribution in [0.1, 0.15) is 49.4 Å². The number of para-hydroxylation sites is 1. The van der Waals surface area contributed by atoms with E-state index >= 15 is 0 Å². The summed E-state index contributed by atoms with van der Waals surface area (Å²) in [7, 11) is 0. The molecule has 0 saturated heterocycles. The van der Waals surface area contributed by atoms with E-state index in [9.17, 15) is 9.59 Å². The highest BCUT2D eigenvalue weighted by Gasteiger charge is 2.35. The van der Waals surface area contributed by atoms with Crippen molar-refractivity contribution in [2.45, 2.75) is 46.3 Å². The lowest BCUT2D eigenvalue weighted by atomic mass is 9.92. The van der Waals surface area contributed by atoms with E-state index in [-0.39, 0.29) is 6.61 Å². The Labute approximate surface area is 240 Å². The molecule has 2 amide bonds. The third kappa shape index (κ3) is 6.32. The highest BCUT2D eigenvalue weighted by molar-refractivity contribution is 5.95. The van der Waals surface area contributed by atoms with Gasteiger partial charge in [0.15, 0.2) is 0 Å². The van der Waals surface area contributed by atoms with Gasteiger partial charge in [0.05, 0.1) is 29.6 Å². The molecular weight excluding hydrogens is 516 g/mol. The Morgan fingerprint density at radius 3 is 2.44 bits per heavy atom. The van der Waals surface area contributed by atoms with Gasteiger partial charge in [-0.1, -0.05) is 61.9 Å². The van der Waals surface area contributed by atoms with Crippen LogP contribution in [-0.4, -0.2) is 28.4 Å². The van der Waals surface area contributed by atoms with E-state index < -0.39 is 18.0 Å². The second kappa shape index (κ2) is 12.6. The number of carbonyl (C=O) groups excluding carboxylic acids is 2. The fourth-order valence-corrected chi connectivity index (χ4v) is 4.85. The molecule has 0 unspecified atom stereocenters. The number of hydrogen-bond donors (Lipinski definition) is 2. The van der Waals surface area contributed by atoms with Crippen LogP contribution >= 0.6 is 0 Å². The predicted octanol–water partition coefficient (Wildman–Crippen LogP) is 6.40. The highest BCUT2D eigenvalue weighted by Crippen LogP contribution is 2.37. The predicted molar refractivity (Wildman–Crippen MR) is 157 cm³/mol. The summed E-state index contributed by atoms with van der Waals surface area (Å²) >= 11 is 0. The molecule has 8 heteroatoms. The molecule has 0 fully saturated rings. The van der Waals surface area contributed by atoms with Gasteiger partial charge in [0.25, 0.3) is 0 Å². The summed E-state index contributed by atoms with van der Waals surface area (Å²) in [5.41, 5.74) is 5.66. The third-order valence-electron chi connectivity index (χ3n) is 7.00. The number of esters is 1. The fourth-order valence-electron chi connectivity index (χ4n) is 4.85. The van der Waals surface area contributed by atoms with E-state index in [0.29, 0.717) is 29.1 Å². The number of nitrogens with zero attached hydrogens (tertiary/aromatic N) is 2. The van der Waals surface area contributed by atoms with Gasteiger partial charge in [-0.15, -0.1) is 0 Å². The van der Waals surface area contributed by atoms with Crippen molar-refractivity contribution in [1.29, 1.82) is 0 Å². The van der Waals surface area contributed by atoms with Crippen molar-refractivity contribution in [3.63, 3.8) is 0 Å². The van der Waals surface area contributed by atoms with Gasteiger partial charge in [-0.25, -0.2) is 14.3 Å². The molecule has 0 spiro atoms. The Bertz CT molecular complexity index is 1560. The van der Waals surface area contributed by atoms with E-state index in [0.717, 1.165) is 41.0 Å². The zero-order valence-corrected chi connectivity index (χ0v) is 23.5. The first kappa shape index (κ1) is 27.7. The second-order valence-corrected chi connectivity index (χ2v) is 10.0. The minimum atomic E-state index is -0.778. The zero-order chi connectivity index (χ0) is 28.8. The van der Waals surface area contributed by atoms with Crippen LogP contribution in [0, 0.1) is 6.92 Å². The molecule has 210 valence electrons. The summed E-state index contributed by atoms with van der Waals surface area (Å²) in [5.74, 6) is 0.276. The number of benzene rings is 3. The van der Waals surface area contributed by atoms with Crippen LogP contribution in [0.3, 0.4) is 0 Å². The first-order valence-corrected chi connectivity index (χ1v) is 13.8. The van der Waals surface area contributed by atoms with Crippen molar-refractivity contribution in [2.24, 2.45) is 0 Å². The molecule has 3 aromatic carbocycles. The normalized spacial score (nSPS) is 14.8. The number of aryl methyl sites for hydroxylation is 1. The topological polar surface area (TPSA) is 94.5 Å². The lowest BCUT2D eigenvalue weighted by Gasteiger charge is -2.28. The van der Waals surface area contributed by atoms with Gasteiger partial charge in [0, 0.05) is 23.0 Å². The Hall–Kier alpha value is -4.85. The number of aromatic nitrogens is 2. The van der Waals surface area contributed by atoms with Crippen LogP contribution in [0.15, 0.2) is 96.3 Å². The highest BCUT2D eigenvalue weighted by atomic mass is 16.5. The van der Waals surface area contributed by atoms with Crippen LogP contribution in [0.25, 0.3) is 16.9 Å². The number of carbonyl (C=O) groups is 2. The largest absolute Gasteiger partial charge is 0.494 e. The Morgan fingerprint density at radius 2 is 1.73 bits per heavy atom. The molecule has 1 atom stereocenters. The van der Waals surface area contributed by atoms with Gasteiger partial charge < -0.3 is 20.1 Å². The molecular formula is C33H34N4O4. The summed E-state index contributed by atoms with van der Waals surface area (Å²) in [6.45, 7) is 6.61. The molecule has 1 aromatic heterocycles. The number of ether oxygens (including phenoxy) is 2. The first-order chi connectivity index (χ1) is 19.9. The monoisotopic (exact) mass is 550 g/mol. The van der Waals surface area contributed by atoms with Crippen LogP contribution in [0.5, 0.6) is 5.75 Å². The summed E-state index contributed by atoms with van der Waals surface area (Å²) in [5, 5.41) is 10.6. The Balaban J connectivity index is 1.56. The van der Waals surface area contributed by atoms with Gasteiger partial charge in [-0.05, 0) is 61.7 Å². The SMILES string of the molecule is CCCCOc1ccc(-c2nn(-c3ccccc3)cc2[C@H]2NC(=O)NC(C)=C2C(=O)OCc2ccccc2)c(C)c1. The van der Waals surface area contributed by atoms with Crippen LogP contribution in [0.2, 0.25) is 0 Å². The minimum absolute atomic E-state index is 0.117. The fraction of sp³-hybridized carbons (Fsp3) is 0.242. The molecule has 0 saturated carbocycles. The second-order valence-electron chi connectivity index (χ2n) is 10.0. The smallest absolute Gasteiger partial charge is 0.338 e. The van der Waals surface area contributed by atoms with Crippen molar-refractivity contribution in [3.8, 4) is 22.7 Å². The van der Waals surface area contributed by atoms with Gasteiger partial charge in [0.2, 0.25) is 0 Å². The van der Waals surface area contributed by atoms with E-state index in [1.165, 1.54) is 0 Å². The van der Waals surface area contributed by atoms with Crippen molar-refractivity contribution in [3.05, 3.63) is 113 Å². The Kier molecular flexibility index (Phi) is 8.48. The number of allylic oxidation sites excluding steroid dienone is 1. The van der Waals surface area contributed by atoms with Crippen LogP contribution < -0.4 is 15.4 Å². The molecule has 4 aromatic rings. The third-order valence-corrected chi connectivity index (χ3v) is 7.00. The van der Waals surface area contributed by atoms with E-state index in [2.05, 4.69) is 17.6 Å². The average Bonchev–Trinajstić information content (AvgIpc) is 3.42. The number of nitrogens with one attached hydrogen (secondary N) is 2. The molecule has 0 aliphatic carbocycles. The van der Waals surface area contributed by atoms with Gasteiger partial charge in [-0.2, -0.15) is 5.10 Å². The number of urea groups is 1. The quantitative estimate of drug-likeness (QED) is 0.176. The van der Waals surface area contributed by atoms with Gasteiger partial charge >= 0.3 is 12.0 Å². The minimum Gasteiger partial charge on any atom is -0.494 e. The lowest BCUT2D eigenvalue weighted by Crippen LogP contribution is -2.45. The molecule has 1 aliphatic rings. The lowest BCUT2D eigenvalue weighted by molar-refractivity contribution is -0.140. The maximum atomic E-state index is 13.5. The molecule has 1 aliphatic heterocycles. The standard InChI is InChI=1S/C33H34N4O4/c1-4-5-18-40-26-16-17-27(22(2)19-26)30-28(20-37(36-30)25-14-10-7-11-15-25)31-29(23(3)34-33(39)35-31)32(38)41-21-24-12-8-6-9-13-24/h6-17,19-20,31H,4-5,18,21H2,1-3H3,(H2,34,35,39)/t31-/m1/s1. The van der Waals surface area contributed by atoms with Crippen LogP contribution in [0.4, 0.5) is 4.79 Å². The number of unbranched alkanes of at least 4 members (excludes halogenated alkanes) is 1. The van der Waals surface area contributed by atoms with Crippen molar-refractivity contribution in [2.75, 3.05) is 6.61 Å². The molecule has 5 rings (SSSR count). The van der Waals surface area contributed by atoms with Crippen molar-refractivity contribution in [1.82, 2.24) is 20.4 Å². The van der Waals surface area contributed by atoms with E-state index in [4.69, 9.17) is 14.6 Å². The van der Waals surface area contributed by atoms with Crippen molar-refractivity contribution >= 4 is 12.0 Å². The van der Waals surface area contributed by atoms with Crippen LogP contribution in [-0.2, 0) is 16.1 Å². The summed E-state index contributed by atoms with van der Waals surface area (Å²) in [4.78, 5) is 26.2. The molecule has 2 heterocycles. The first-order valence-electron chi connectivity index (χ1n) is 13.8. The maximum absolute atomic E-state index is 13.5. The van der Waals surface area contributed by atoms with E-state index in [1.807, 2.05) is 92.0 Å². The summed E-state index contributed by atoms with van der Waals surface area (Å²) < 4.78 is 13.4. The molecule has 0 radical (unpaired) electrons. The summed E-state index contributed by atoms with van der Waals surface area (Å²) in [6, 6.07) is 23.9. The van der Waals surface area contributed by atoms with Gasteiger partial charge in [-0.3, -0.25) is 0 Å². The van der Waals surface area contributed by atoms with Gasteiger partial charge in [0.1, 0.15) is 12.4 Å². The maximum Gasteiger partial charge on any atom is 0.338 e. The zero-order valence-electron chi connectivity index (χ0n) is 23.5. The molecule has 41 heavy (non-hydrogen) atoms. The number of hydrogen-bond acceptors (Lipinski definition) is 5.